The zero-order valence-corrected chi connectivity index (χ0v) is 7.81. The maximum atomic E-state index is 10.9. The molecule has 76 valence electrons. The highest BCUT2D eigenvalue weighted by molar-refractivity contribution is 5.90. The summed E-state index contributed by atoms with van der Waals surface area (Å²) >= 11 is 0. The van der Waals surface area contributed by atoms with Crippen molar-refractivity contribution in [3.63, 3.8) is 0 Å². The Bertz CT molecular complexity index is 462. The normalized spacial score (nSPS) is 9.87. The fraction of sp³-hybridized carbons (Fsp3) is 0. The number of H-pyrrole nitrogens is 1. The van der Waals surface area contributed by atoms with Gasteiger partial charge in [0, 0.05) is 12.3 Å². The van der Waals surface area contributed by atoms with Crippen molar-refractivity contribution in [2.24, 2.45) is 0 Å². The summed E-state index contributed by atoms with van der Waals surface area (Å²) in [6, 6.07) is 10.00. The summed E-state index contributed by atoms with van der Waals surface area (Å²) in [5, 5.41) is 8.90. The third-order valence-corrected chi connectivity index (χ3v) is 1.91. The van der Waals surface area contributed by atoms with Gasteiger partial charge in [0.25, 0.3) is 0 Å². The molecule has 0 amide bonds. The molecule has 0 fully saturated rings. The van der Waals surface area contributed by atoms with Crippen molar-refractivity contribution in [1.82, 2.24) is 4.98 Å². The zero-order chi connectivity index (χ0) is 10.7. The lowest BCUT2D eigenvalue weighted by Gasteiger charge is -2.05. The van der Waals surface area contributed by atoms with Crippen molar-refractivity contribution < 1.29 is 14.6 Å². The van der Waals surface area contributed by atoms with Crippen LogP contribution in [-0.4, -0.2) is 16.1 Å². The molecular formula is C11H9NO3. The first kappa shape index (κ1) is 9.33. The molecule has 1 aromatic heterocycles. The van der Waals surface area contributed by atoms with E-state index in [4.69, 9.17) is 9.84 Å². The van der Waals surface area contributed by atoms with E-state index in [1.54, 1.807) is 36.5 Å². The minimum atomic E-state index is -1.00. The summed E-state index contributed by atoms with van der Waals surface area (Å²) in [4.78, 5) is 13.7. The summed E-state index contributed by atoms with van der Waals surface area (Å²) in [5.74, 6) is -0.159. The first-order valence-corrected chi connectivity index (χ1v) is 4.41. The molecule has 4 heteroatoms. The number of aromatic carboxylic acids is 1. The maximum absolute atomic E-state index is 10.9. The van der Waals surface area contributed by atoms with Gasteiger partial charge in [-0.1, -0.05) is 12.1 Å². The first-order valence-electron chi connectivity index (χ1n) is 4.41. The number of carboxylic acids is 1. The molecule has 0 saturated carbocycles. The lowest BCUT2D eigenvalue weighted by molar-refractivity contribution is 0.0694. The van der Waals surface area contributed by atoms with Gasteiger partial charge in [-0.05, 0) is 18.2 Å². The Hall–Kier alpha value is -2.23. The quantitative estimate of drug-likeness (QED) is 0.805. The van der Waals surface area contributed by atoms with Crippen LogP contribution in [0.15, 0.2) is 42.6 Å². The van der Waals surface area contributed by atoms with Crippen LogP contribution in [-0.2, 0) is 0 Å². The van der Waals surface area contributed by atoms with E-state index < -0.39 is 5.97 Å². The monoisotopic (exact) mass is 203 g/mol. The molecule has 1 aromatic carbocycles. The fourth-order valence-corrected chi connectivity index (χ4v) is 1.23. The van der Waals surface area contributed by atoms with Crippen LogP contribution < -0.4 is 4.74 Å². The third-order valence-electron chi connectivity index (χ3n) is 1.91. The predicted octanol–water partition coefficient (Wildman–Crippen LogP) is 2.51. The average Bonchev–Trinajstić information content (AvgIpc) is 2.71. The highest BCUT2D eigenvalue weighted by Gasteiger charge is 2.10. The number of hydrogen-bond acceptors (Lipinski definition) is 2. The van der Waals surface area contributed by atoms with Gasteiger partial charge in [-0.25, -0.2) is 4.79 Å². The predicted molar refractivity (Wildman–Crippen MR) is 54.3 cm³/mol. The molecule has 2 N–H and O–H groups in total. The molecule has 0 saturated heterocycles. The van der Waals surface area contributed by atoms with Gasteiger partial charge < -0.3 is 14.8 Å². The van der Waals surface area contributed by atoms with Crippen LogP contribution in [0.5, 0.6) is 11.6 Å². The number of rotatable bonds is 3. The zero-order valence-electron chi connectivity index (χ0n) is 7.81. The average molecular weight is 203 g/mol. The molecule has 0 unspecified atom stereocenters. The van der Waals surface area contributed by atoms with E-state index >= 15 is 0 Å². The van der Waals surface area contributed by atoms with Crippen LogP contribution in [0.25, 0.3) is 0 Å². The number of ether oxygens (including phenoxy) is 1. The molecule has 0 spiro atoms. The molecule has 4 nitrogen and oxygen atoms in total. The van der Waals surface area contributed by atoms with E-state index in [2.05, 4.69) is 4.98 Å². The van der Waals surface area contributed by atoms with Gasteiger partial charge in [0.2, 0.25) is 0 Å². The fourth-order valence-electron chi connectivity index (χ4n) is 1.23. The number of benzene rings is 1. The molecule has 0 radical (unpaired) electrons. The van der Waals surface area contributed by atoms with Gasteiger partial charge in [-0.3, -0.25) is 0 Å². The Labute approximate surface area is 86.1 Å². The number of para-hydroxylation sites is 1. The van der Waals surface area contributed by atoms with Crippen molar-refractivity contribution in [2.45, 2.75) is 0 Å². The number of carbonyl (C=O) groups is 1. The second-order valence-corrected chi connectivity index (χ2v) is 2.94. The molecule has 2 aromatic rings. The topological polar surface area (TPSA) is 62.3 Å². The molecule has 1 heterocycles. The van der Waals surface area contributed by atoms with Crippen LogP contribution >= 0.6 is 0 Å². The Morgan fingerprint density at radius 3 is 2.67 bits per heavy atom. The Morgan fingerprint density at radius 2 is 2.00 bits per heavy atom. The van der Waals surface area contributed by atoms with Gasteiger partial charge in [0.15, 0.2) is 5.88 Å². The van der Waals surface area contributed by atoms with Gasteiger partial charge in [-0.15, -0.1) is 0 Å². The third kappa shape index (κ3) is 1.99. The summed E-state index contributed by atoms with van der Waals surface area (Å²) in [5.41, 5.74) is 0.145. The van der Waals surface area contributed by atoms with Crippen molar-refractivity contribution in [1.29, 1.82) is 0 Å². The van der Waals surface area contributed by atoms with Crippen molar-refractivity contribution in [2.75, 3.05) is 0 Å². The Kier molecular flexibility index (Phi) is 2.41. The molecule has 0 atom stereocenters. The van der Waals surface area contributed by atoms with Crippen molar-refractivity contribution in [3.8, 4) is 11.6 Å². The van der Waals surface area contributed by atoms with Gasteiger partial charge in [-0.2, -0.15) is 0 Å². The van der Waals surface area contributed by atoms with E-state index in [0.29, 0.717) is 11.6 Å². The second kappa shape index (κ2) is 3.88. The van der Waals surface area contributed by atoms with E-state index in [1.165, 1.54) is 6.07 Å². The second-order valence-electron chi connectivity index (χ2n) is 2.94. The molecule has 2 rings (SSSR count). The SMILES string of the molecule is O=C(O)c1ccccc1Oc1ccc[nH]1. The van der Waals surface area contributed by atoms with Crippen LogP contribution in [0.3, 0.4) is 0 Å². The summed E-state index contributed by atoms with van der Waals surface area (Å²) in [6.07, 6.45) is 1.71. The summed E-state index contributed by atoms with van der Waals surface area (Å²) in [6.45, 7) is 0. The number of aromatic nitrogens is 1. The first-order chi connectivity index (χ1) is 7.27. The number of hydrogen-bond donors (Lipinski definition) is 2. The minimum Gasteiger partial charge on any atom is -0.478 e. The molecular weight excluding hydrogens is 194 g/mol. The highest BCUT2D eigenvalue weighted by Crippen LogP contribution is 2.23. The lowest BCUT2D eigenvalue weighted by atomic mass is 10.2. The van der Waals surface area contributed by atoms with E-state index in [0.717, 1.165) is 0 Å². The van der Waals surface area contributed by atoms with Gasteiger partial charge in [0.1, 0.15) is 11.3 Å². The van der Waals surface area contributed by atoms with E-state index in [9.17, 15) is 4.79 Å². The smallest absolute Gasteiger partial charge is 0.339 e. The largest absolute Gasteiger partial charge is 0.478 e. The molecule has 0 aliphatic carbocycles. The molecule has 0 aliphatic rings. The Balaban J connectivity index is 2.32. The molecule has 0 aliphatic heterocycles. The molecule has 15 heavy (non-hydrogen) atoms. The van der Waals surface area contributed by atoms with Crippen molar-refractivity contribution in [3.05, 3.63) is 48.2 Å². The summed E-state index contributed by atoms with van der Waals surface area (Å²) in [7, 11) is 0. The van der Waals surface area contributed by atoms with Crippen LogP contribution in [0, 0.1) is 0 Å². The lowest BCUT2D eigenvalue weighted by Crippen LogP contribution is -1.99. The van der Waals surface area contributed by atoms with Crippen LogP contribution in [0.4, 0.5) is 0 Å². The Morgan fingerprint density at radius 1 is 1.20 bits per heavy atom. The maximum Gasteiger partial charge on any atom is 0.339 e. The van der Waals surface area contributed by atoms with Gasteiger partial charge in [0.05, 0.1) is 0 Å². The van der Waals surface area contributed by atoms with Crippen molar-refractivity contribution >= 4 is 5.97 Å². The van der Waals surface area contributed by atoms with E-state index in [-0.39, 0.29) is 5.56 Å². The van der Waals surface area contributed by atoms with E-state index in [1.807, 2.05) is 0 Å². The van der Waals surface area contributed by atoms with Crippen LogP contribution in [0.1, 0.15) is 10.4 Å². The van der Waals surface area contributed by atoms with Crippen LogP contribution in [0.2, 0.25) is 0 Å². The number of carboxylic acid groups (broad SMARTS) is 1. The minimum absolute atomic E-state index is 0.145. The standard InChI is InChI=1S/C11H9NO3/c13-11(14)8-4-1-2-5-9(8)15-10-6-3-7-12-10/h1-7,12H,(H,13,14). The molecule has 0 bridgehead atoms. The summed E-state index contributed by atoms with van der Waals surface area (Å²) < 4.78 is 5.37. The highest BCUT2D eigenvalue weighted by atomic mass is 16.5. The van der Waals surface area contributed by atoms with Gasteiger partial charge >= 0.3 is 5.97 Å². The number of aromatic amines is 1. The number of nitrogens with one attached hydrogen (secondary N) is 1.